The van der Waals surface area contributed by atoms with E-state index in [1.165, 1.54) is 12.4 Å². The monoisotopic (exact) mass is 158 g/mol. The van der Waals surface area contributed by atoms with Crippen molar-refractivity contribution in [3.63, 3.8) is 0 Å². The maximum atomic E-state index is 8.41. The first-order valence-electron chi connectivity index (χ1n) is 3.41. The first kappa shape index (κ1) is 8.16. The van der Waals surface area contributed by atoms with E-state index in [2.05, 4.69) is 9.97 Å². The van der Waals surface area contributed by atoms with E-state index in [1.807, 2.05) is 12.1 Å². The highest BCUT2D eigenvalue weighted by atomic mass is 14.8. The Morgan fingerprint density at radius 3 is 1.75 bits per heavy atom. The fourth-order valence-corrected chi connectivity index (χ4v) is 0.841. The van der Waals surface area contributed by atoms with Gasteiger partial charge in [-0.2, -0.15) is 10.5 Å². The average Bonchev–Trinajstić information content (AvgIpc) is 2.09. The van der Waals surface area contributed by atoms with Crippen molar-refractivity contribution in [3.8, 4) is 12.1 Å². The van der Waals surface area contributed by atoms with Gasteiger partial charge < -0.3 is 0 Å². The van der Waals surface area contributed by atoms with E-state index in [-0.39, 0.29) is 12.8 Å². The molecule has 0 aliphatic carbocycles. The van der Waals surface area contributed by atoms with Crippen LogP contribution >= 0.6 is 0 Å². The van der Waals surface area contributed by atoms with E-state index in [1.54, 1.807) is 0 Å². The van der Waals surface area contributed by atoms with Crippen LogP contribution in [0.25, 0.3) is 0 Å². The molecule has 1 heterocycles. The molecule has 4 nitrogen and oxygen atoms in total. The lowest BCUT2D eigenvalue weighted by atomic mass is 10.2. The summed E-state index contributed by atoms with van der Waals surface area (Å²) in [5, 5.41) is 16.8. The number of hydrogen-bond acceptors (Lipinski definition) is 4. The molecule has 0 saturated carbocycles. The van der Waals surface area contributed by atoms with Gasteiger partial charge in [-0.15, -0.1) is 0 Å². The molecule has 1 aromatic rings. The fraction of sp³-hybridized carbons (Fsp3) is 0.250. The number of aromatic nitrogens is 2. The molecule has 4 heteroatoms. The molecule has 0 saturated heterocycles. The molecular formula is C8H6N4. The summed E-state index contributed by atoms with van der Waals surface area (Å²) >= 11 is 0. The molecule has 0 aromatic carbocycles. The van der Waals surface area contributed by atoms with E-state index >= 15 is 0 Å². The standard InChI is InChI=1S/C8H6N4/c9-3-1-7-8(2-4-10)12-6-5-11-7/h5-6H,1-2H2. The Morgan fingerprint density at radius 2 is 1.42 bits per heavy atom. The van der Waals surface area contributed by atoms with Gasteiger partial charge in [0, 0.05) is 12.4 Å². The van der Waals surface area contributed by atoms with Crippen molar-refractivity contribution in [2.75, 3.05) is 0 Å². The highest BCUT2D eigenvalue weighted by molar-refractivity contribution is 5.17. The van der Waals surface area contributed by atoms with Crippen molar-refractivity contribution in [1.82, 2.24) is 9.97 Å². The first-order chi connectivity index (χ1) is 5.88. The van der Waals surface area contributed by atoms with Crippen molar-refractivity contribution in [1.29, 1.82) is 10.5 Å². The number of hydrogen-bond donors (Lipinski definition) is 0. The summed E-state index contributed by atoms with van der Waals surface area (Å²) in [6.45, 7) is 0. The zero-order chi connectivity index (χ0) is 8.81. The van der Waals surface area contributed by atoms with Gasteiger partial charge in [0.25, 0.3) is 0 Å². The van der Waals surface area contributed by atoms with Crippen molar-refractivity contribution < 1.29 is 0 Å². The van der Waals surface area contributed by atoms with Crippen LogP contribution in [0.2, 0.25) is 0 Å². The topological polar surface area (TPSA) is 73.4 Å². The largest absolute Gasteiger partial charge is 0.257 e. The lowest BCUT2D eigenvalue weighted by molar-refractivity contribution is 0.970. The molecule has 0 amide bonds. The van der Waals surface area contributed by atoms with E-state index < -0.39 is 0 Å². The lowest BCUT2D eigenvalue weighted by Gasteiger charge is -1.97. The first-order valence-corrected chi connectivity index (χ1v) is 3.41. The van der Waals surface area contributed by atoms with Gasteiger partial charge in [0.15, 0.2) is 0 Å². The summed E-state index contributed by atoms with van der Waals surface area (Å²) in [5.41, 5.74) is 1.20. The van der Waals surface area contributed by atoms with Gasteiger partial charge in [0.2, 0.25) is 0 Å². The van der Waals surface area contributed by atoms with Crippen LogP contribution in [0.5, 0.6) is 0 Å². The molecular weight excluding hydrogens is 152 g/mol. The van der Waals surface area contributed by atoms with Crippen LogP contribution in [0.1, 0.15) is 11.4 Å². The Labute approximate surface area is 70.1 Å². The molecule has 1 aromatic heterocycles. The summed E-state index contributed by atoms with van der Waals surface area (Å²) < 4.78 is 0. The molecule has 0 fully saturated rings. The molecule has 0 unspecified atom stereocenters. The summed E-state index contributed by atoms with van der Waals surface area (Å²) in [6, 6.07) is 3.94. The lowest BCUT2D eigenvalue weighted by Crippen LogP contribution is -1.98. The number of nitrogens with zero attached hydrogens (tertiary/aromatic N) is 4. The zero-order valence-electron chi connectivity index (χ0n) is 6.36. The predicted molar refractivity (Wildman–Crippen MR) is 40.7 cm³/mol. The predicted octanol–water partition coefficient (Wildman–Crippen LogP) is 0.609. The second kappa shape index (κ2) is 4.05. The normalized spacial score (nSPS) is 8.50. The van der Waals surface area contributed by atoms with Gasteiger partial charge in [-0.1, -0.05) is 0 Å². The van der Waals surface area contributed by atoms with Crippen molar-refractivity contribution >= 4 is 0 Å². The van der Waals surface area contributed by atoms with Crippen LogP contribution in [0.15, 0.2) is 12.4 Å². The number of rotatable bonds is 2. The van der Waals surface area contributed by atoms with E-state index in [0.29, 0.717) is 11.4 Å². The molecule has 58 valence electrons. The second-order valence-corrected chi connectivity index (χ2v) is 2.12. The zero-order valence-corrected chi connectivity index (χ0v) is 6.36. The molecule has 0 aliphatic rings. The molecule has 0 bridgehead atoms. The van der Waals surface area contributed by atoms with Gasteiger partial charge in [-0.05, 0) is 0 Å². The average molecular weight is 158 g/mol. The smallest absolute Gasteiger partial charge is 0.0793 e. The molecule has 0 aliphatic heterocycles. The quantitative estimate of drug-likeness (QED) is 0.632. The van der Waals surface area contributed by atoms with E-state index in [0.717, 1.165) is 0 Å². The summed E-state index contributed by atoms with van der Waals surface area (Å²) in [7, 11) is 0. The van der Waals surface area contributed by atoms with Crippen LogP contribution in [-0.4, -0.2) is 9.97 Å². The second-order valence-electron chi connectivity index (χ2n) is 2.12. The maximum Gasteiger partial charge on any atom is 0.0793 e. The van der Waals surface area contributed by atoms with Crippen molar-refractivity contribution in [2.24, 2.45) is 0 Å². The van der Waals surface area contributed by atoms with Crippen LogP contribution < -0.4 is 0 Å². The molecule has 0 radical (unpaired) electrons. The van der Waals surface area contributed by atoms with Crippen molar-refractivity contribution in [3.05, 3.63) is 23.8 Å². The fourth-order valence-electron chi connectivity index (χ4n) is 0.841. The Morgan fingerprint density at radius 1 is 1.00 bits per heavy atom. The number of nitriles is 2. The van der Waals surface area contributed by atoms with E-state index in [4.69, 9.17) is 10.5 Å². The minimum absolute atomic E-state index is 0.213. The maximum absolute atomic E-state index is 8.41. The van der Waals surface area contributed by atoms with Gasteiger partial charge >= 0.3 is 0 Å². The third-order valence-corrected chi connectivity index (χ3v) is 1.35. The van der Waals surface area contributed by atoms with Crippen LogP contribution in [0, 0.1) is 22.7 Å². The molecule has 12 heavy (non-hydrogen) atoms. The highest BCUT2D eigenvalue weighted by Gasteiger charge is 2.02. The Balaban J connectivity index is 2.95. The Bertz CT molecular complexity index is 310. The summed E-state index contributed by atoms with van der Waals surface area (Å²) in [4.78, 5) is 7.90. The summed E-state index contributed by atoms with van der Waals surface area (Å²) in [5.74, 6) is 0. The van der Waals surface area contributed by atoms with E-state index in [9.17, 15) is 0 Å². The minimum atomic E-state index is 0.213. The SMILES string of the molecule is N#CCc1nccnc1CC#N. The highest BCUT2D eigenvalue weighted by Crippen LogP contribution is 2.01. The Hall–Kier alpha value is -1.94. The van der Waals surface area contributed by atoms with Crippen LogP contribution in [0.3, 0.4) is 0 Å². The molecule has 0 atom stereocenters. The van der Waals surface area contributed by atoms with Gasteiger partial charge in [-0.3, -0.25) is 9.97 Å². The molecule has 0 N–H and O–H groups in total. The Kier molecular flexibility index (Phi) is 2.75. The summed E-state index contributed by atoms with van der Waals surface area (Å²) in [6.07, 6.45) is 3.47. The molecule has 1 rings (SSSR count). The van der Waals surface area contributed by atoms with Crippen LogP contribution in [-0.2, 0) is 12.8 Å². The third-order valence-electron chi connectivity index (χ3n) is 1.35. The van der Waals surface area contributed by atoms with Gasteiger partial charge in [-0.25, -0.2) is 0 Å². The van der Waals surface area contributed by atoms with Gasteiger partial charge in [0.05, 0.1) is 36.4 Å². The van der Waals surface area contributed by atoms with Gasteiger partial charge in [0.1, 0.15) is 0 Å². The molecule has 0 spiro atoms. The third kappa shape index (κ3) is 1.77. The minimum Gasteiger partial charge on any atom is -0.257 e. The van der Waals surface area contributed by atoms with Crippen molar-refractivity contribution in [2.45, 2.75) is 12.8 Å². The van der Waals surface area contributed by atoms with Crippen LogP contribution in [0.4, 0.5) is 0 Å².